The molecule has 3 unspecified atom stereocenters. The molecule has 3 aliphatic rings. The molecular formula is C39H41N3O7. The first kappa shape index (κ1) is 32.4. The Morgan fingerprint density at radius 3 is 2.69 bits per heavy atom. The Labute approximate surface area is 285 Å². The van der Waals surface area contributed by atoms with E-state index < -0.39 is 12.0 Å². The number of aliphatic hydroxyl groups is 1. The van der Waals surface area contributed by atoms with Crippen LogP contribution in [0.15, 0.2) is 54.6 Å². The number of carbonyl (C=O) groups excluding carboxylic acids is 1. The van der Waals surface area contributed by atoms with Crippen LogP contribution < -0.4 is 29.4 Å². The Kier molecular flexibility index (Phi) is 9.13. The number of nitrogens with one attached hydrogen (secondary N) is 1. The number of benzene rings is 3. The van der Waals surface area contributed by atoms with Crippen molar-refractivity contribution in [3.63, 3.8) is 0 Å². The summed E-state index contributed by atoms with van der Waals surface area (Å²) < 4.78 is 18.5. The average Bonchev–Trinajstić information content (AvgIpc) is 3.55. The van der Waals surface area contributed by atoms with Gasteiger partial charge in [0, 0.05) is 13.0 Å². The molecular weight excluding hydrogens is 622 g/mol. The van der Waals surface area contributed by atoms with E-state index in [1.54, 1.807) is 24.3 Å². The summed E-state index contributed by atoms with van der Waals surface area (Å²) in [4.78, 5) is 19.0. The fraction of sp³-hybridized carbons (Fsp3) is 0.359. The van der Waals surface area contributed by atoms with Gasteiger partial charge in [-0.2, -0.15) is 0 Å². The first-order valence-corrected chi connectivity index (χ1v) is 16.8. The van der Waals surface area contributed by atoms with Crippen molar-refractivity contribution in [2.75, 3.05) is 44.9 Å². The minimum atomic E-state index is -0.614. The number of anilines is 1. The predicted molar refractivity (Wildman–Crippen MR) is 187 cm³/mol. The molecule has 1 fully saturated rings. The summed E-state index contributed by atoms with van der Waals surface area (Å²) in [7, 11) is 1.44. The lowest BCUT2D eigenvalue weighted by atomic mass is 9.85. The number of aliphatic hydroxyl groups excluding tert-OH is 1. The van der Waals surface area contributed by atoms with Crippen LogP contribution in [0.2, 0.25) is 0 Å². The molecule has 3 atom stereocenters. The third kappa shape index (κ3) is 6.28. The summed E-state index contributed by atoms with van der Waals surface area (Å²) in [5, 5.41) is 35.0. The van der Waals surface area contributed by atoms with Crippen molar-refractivity contribution in [2.45, 2.75) is 50.7 Å². The van der Waals surface area contributed by atoms with Crippen LogP contribution in [0.1, 0.15) is 59.7 Å². The number of phenolic OH excluding ortho intramolecular Hbond substituents is 2. The van der Waals surface area contributed by atoms with Crippen molar-refractivity contribution in [2.24, 2.45) is 0 Å². The van der Waals surface area contributed by atoms with E-state index >= 15 is 0 Å². The molecule has 4 bridgehead atoms. The fourth-order valence-corrected chi connectivity index (χ4v) is 6.96. The number of methoxy groups -OCH3 is 1. The van der Waals surface area contributed by atoms with Gasteiger partial charge in [0.2, 0.25) is 5.75 Å². The van der Waals surface area contributed by atoms with Crippen LogP contribution in [0.4, 0.5) is 5.82 Å². The Hall–Kier alpha value is -5.11. The molecule has 7 rings (SSSR count). The fourth-order valence-electron chi connectivity index (χ4n) is 6.96. The molecule has 0 amide bonds. The lowest BCUT2D eigenvalue weighted by Crippen LogP contribution is -2.50. The van der Waals surface area contributed by atoms with Crippen LogP contribution in [-0.4, -0.2) is 71.9 Å². The number of ether oxygens (including phenoxy) is 3. The van der Waals surface area contributed by atoms with E-state index in [9.17, 15) is 20.1 Å². The SMILES string of the molecule is CCc1cc2c([n-]1)N1CCNC(C#CC(c3c(O)c(OC)c(OCCCO)c4c3OC(c3ccc(O)cc3)CC4=[OH+])Cc3cccc-2c3)C1. The number of phenols is 2. The summed E-state index contributed by atoms with van der Waals surface area (Å²) in [6.07, 6.45) is 1.12. The van der Waals surface area contributed by atoms with Gasteiger partial charge in [0.25, 0.3) is 0 Å². The number of aryl methyl sites for hydroxylation is 1. The number of nitrogens with zero attached hydrogens (tertiary/aromatic N) is 2. The van der Waals surface area contributed by atoms with E-state index in [4.69, 9.17) is 19.2 Å². The summed E-state index contributed by atoms with van der Waals surface area (Å²) in [5.74, 6) is 7.78. The maximum absolute atomic E-state index is 12.1. The quantitative estimate of drug-likeness (QED) is 0.121. The summed E-state index contributed by atoms with van der Waals surface area (Å²) in [6.45, 7) is 4.35. The maximum Gasteiger partial charge on any atom is 0.335 e. The van der Waals surface area contributed by atoms with Gasteiger partial charge in [0.1, 0.15) is 24.0 Å². The molecule has 0 aliphatic carbocycles. The van der Waals surface area contributed by atoms with Crippen molar-refractivity contribution >= 4 is 11.6 Å². The van der Waals surface area contributed by atoms with Crippen LogP contribution >= 0.6 is 0 Å². The molecule has 49 heavy (non-hydrogen) atoms. The van der Waals surface area contributed by atoms with E-state index in [0.29, 0.717) is 30.5 Å². The molecule has 0 radical (unpaired) electrons. The molecule has 3 aliphatic heterocycles. The molecule has 0 spiro atoms. The maximum atomic E-state index is 12.1. The average molecular weight is 664 g/mol. The largest absolute Gasteiger partial charge is 0.508 e. The van der Waals surface area contributed by atoms with E-state index in [0.717, 1.165) is 53.3 Å². The third-order valence-corrected chi connectivity index (χ3v) is 9.42. The normalized spacial score (nSPS) is 19.7. The second-order valence-corrected chi connectivity index (χ2v) is 12.6. The molecule has 10 heteroatoms. The lowest BCUT2D eigenvalue weighted by Gasteiger charge is -2.40. The zero-order valence-corrected chi connectivity index (χ0v) is 27.7. The summed E-state index contributed by atoms with van der Waals surface area (Å²) >= 11 is 0. The number of fused-ring (bicyclic) bond motifs is 8. The van der Waals surface area contributed by atoms with Crippen molar-refractivity contribution in [3.8, 4) is 51.7 Å². The highest BCUT2D eigenvalue weighted by atomic mass is 16.5. The molecule has 5 N–H and O–H groups in total. The van der Waals surface area contributed by atoms with Crippen molar-refractivity contribution in [1.82, 2.24) is 10.3 Å². The minimum absolute atomic E-state index is 0.00791. The highest BCUT2D eigenvalue weighted by molar-refractivity contribution is 6.05. The highest BCUT2D eigenvalue weighted by Gasteiger charge is 2.42. The topological polar surface area (TPSA) is 139 Å². The Morgan fingerprint density at radius 1 is 1.08 bits per heavy atom. The Morgan fingerprint density at radius 2 is 1.92 bits per heavy atom. The van der Waals surface area contributed by atoms with Crippen molar-refractivity contribution in [3.05, 3.63) is 82.5 Å². The van der Waals surface area contributed by atoms with E-state index in [-0.39, 0.29) is 60.2 Å². The van der Waals surface area contributed by atoms with Gasteiger partial charge in [-0.05, 0) is 66.9 Å². The zero-order valence-electron chi connectivity index (χ0n) is 27.7. The van der Waals surface area contributed by atoms with Crippen LogP contribution in [0.25, 0.3) is 11.1 Å². The number of ketones is 1. The second-order valence-electron chi connectivity index (χ2n) is 12.6. The van der Waals surface area contributed by atoms with Gasteiger partial charge in [-0.25, -0.2) is 0 Å². The second kappa shape index (κ2) is 13.8. The number of rotatable bonds is 8. The number of aromatic nitrogens is 1. The first-order valence-electron chi connectivity index (χ1n) is 16.8. The smallest absolute Gasteiger partial charge is 0.335 e. The van der Waals surface area contributed by atoms with Gasteiger partial charge >= 0.3 is 5.78 Å². The van der Waals surface area contributed by atoms with Crippen molar-refractivity contribution < 1.29 is 34.3 Å². The minimum Gasteiger partial charge on any atom is -0.508 e. The first-order chi connectivity index (χ1) is 23.9. The third-order valence-electron chi connectivity index (χ3n) is 9.42. The molecule has 254 valence electrons. The standard InChI is InChI=1S/C39H40N3O7/c1-3-27-20-30-25-7-4-6-23(18-25)19-26(8-11-28-22-42(15-14-40-28)39(30)41-27)33-35(46)38(47-2)37(48-17-5-16-43)34-31(45)21-32(49-36(33)34)24-9-12-29(44)13-10-24/h4,6-7,9-10,12-13,18,20,26,28,32,40,43-44H,3,5,14-17,19,21-22H2,1-2H3,(H,45,46)/q-1/p+1. The molecule has 0 saturated carbocycles. The molecule has 1 saturated heterocycles. The molecule has 3 aromatic carbocycles. The summed E-state index contributed by atoms with van der Waals surface area (Å²) in [6, 6.07) is 17.0. The van der Waals surface area contributed by atoms with Crippen LogP contribution in [0, 0.1) is 11.8 Å². The highest BCUT2D eigenvalue weighted by Crippen LogP contribution is 2.55. The van der Waals surface area contributed by atoms with Crippen LogP contribution in [0.3, 0.4) is 0 Å². The van der Waals surface area contributed by atoms with Crippen LogP contribution in [-0.2, 0) is 12.8 Å². The number of hydrogen-bond acceptors (Lipinski definition) is 8. The lowest BCUT2D eigenvalue weighted by molar-refractivity contribution is 0.192. The predicted octanol–water partition coefficient (Wildman–Crippen LogP) is 4.59. The zero-order chi connectivity index (χ0) is 34.1. The van der Waals surface area contributed by atoms with Gasteiger partial charge in [0.15, 0.2) is 17.1 Å². The van der Waals surface area contributed by atoms with Gasteiger partial charge in [0.05, 0.1) is 31.2 Å². The Balaban J connectivity index is 1.41. The molecule has 1 aromatic heterocycles. The number of aromatic hydroxyl groups is 2. The van der Waals surface area contributed by atoms with E-state index in [1.165, 1.54) is 7.11 Å². The van der Waals surface area contributed by atoms with Crippen LogP contribution in [0.5, 0.6) is 28.7 Å². The van der Waals surface area contributed by atoms with Gasteiger partial charge in [-0.1, -0.05) is 72.7 Å². The van der Waals surface area contributed by atoms with Gasteiger partial charge in [-0.15, -0.1) is 0 Å². The number of hydrogen-bond donors (Lipinski definition) is 4. The monoisotopic (exact) mass is 663 g/mol. The Bertz CT molecular complexity index is 1920. The molecule has 4 heterocycles. The number of piperazine rings is 1. The molecule has 4 aromatic rings. The molecule has 10 nitrogen and oxygen atoms in total. The summed E-state index contributed by atoms with van der Waals surface area (Å²) in [5.41, 5.74) is 5.64. The van der Waals surface area contributed by atoms with Crippen molar-refractivity contribution in [1.29, 1.82) is 0 Å². The van der Waals surface area contributed by atoms with Gasteiger partial charge < -0.3 is 44.7 Å². The van der Waals surface area contributed by atoms with Gasteiger partial charge in [-0.3, -0.25) is 4.79 Å². The van der Waals surface area contributed by atoms with E-state index in [2.05, 4.69) is 53.2 Å². The van der Waals surface area contributed by atoms with E-state index in [1.807, 2.05) is 6.07 Å².